The second-order valence-corrected chi connectivity index (χ2v) is 8.04. The maximum Gasteiger partial charge on any atom is 0.214 e. The molecule has 0 aromatic rings. The number of sulfonamides is 1. The fraction of sp³-hybridized carbons (Fsp3) is 1.00. The van der Waals surface area contributed by atoms with Gasteiger partial charge < -0.3 is 0 Å². The van der Waals surface area contributed by atoms with Crippen LogP contribution in [-0.2, 0) is 10.0 Å². The Balaban J connectivity index is 2.43. The predicted molar refractivity (Wildman–Crippen MR) is 72.9 cm³/mol. The number of halogens is 1. The van der Waals surface area contributed by atoms with Crippen LogP contribution in [0.5, 0.6) is 0 Å². The average Bonchev–Trinajstić information content (AvgIpc) is 2.26. The summed E-state index contributed by atoms with van der Waals surface area (Å²) in [5.74, 6) is 0.685. The zero-order chi connectivity index (χ0) is 12.9. The van der Waals surface area contributed by atoms with E-state index in [2.05, 4.69) is 0 Å². The Morgan fingerprint density at radius 3 is 2.41 bits per heavy atom. The first-order valence-electron chi connectivity index (χ1n) is 6.50. The summed E-state index contributed by atoms with van der Waals surface area (Å²) in [5, 5.41) is 0.0299. The van der Waals surface area contributed by atoms with Gasteiger partial charge in [0, 0.05) is 19.0 Å². The molecule has 1 atom stereocenters. The van der Waals surface area contributed by atoms with E-state index in [1.165, 1.54) is 23.6 Å². The van der Waals surface area contributed by atoms with Crippen molar-refractivity contribution in [3.05, 3.63) is 0 Å². The fourth-order valence-electron chi connectivity index (χ4n) is 2.28. The van der Waals surface area contributed by atoms with Crippen LogP contribution in [-0.4, -0.2) is 37.4 Å². The first-order chi connectivity index (χ1) is 7.92. The summed E-state index contributed by atoms with van der Waals surface area (Å²) in [6.45, 7) is 2.42. The van der Waals surface area contributed by atoms with Gasteiger partial charge in [0.1, 0.15) is 0 Å². The Hall–Kier alpha value is 0.200. The van der Waals surface area contributed by atoms with Gasteiger partial charge in [-0.3, -0.25) is 0 Å². The number of alkyl halides is 1. The lowest BCUT2D eigenvalue weighted by Gasteiger charge is -2.24. The Labute approximate surface area is 111 Å². The van der Waals surface area contributed by atoms with Crippen LogP contribution < -0.4 is 0 Å². The van der Waals surface area contributed by atoms with Crippen molar-refractivity contribution in [2.24, 2.45) is 5.92 Å². The molecule has 1 saturated carbocycles. The number of rotatable bonds is 6. The van der Waals surface area contributed by atoms with Crippen LogP contribution in [0.4, 0.5) is 0 Å². The number of nitrogens with zero attached hydrogens (tertiary/aromatic N) is 1. The summed E-state index contributed by atoms with van der Waals surface area (Å²) >= 11 is 5.84. The van der Waals surface area contributed by atoms with Gasteiger partial charge in [0.15, 0.2) is 0 Å². The van der Waals surface area contributed by atoms with Crippen molar-refractivity contribution >= 4 is 21.6 Å². The van der Waals surface area contributed by atoms with Crippen LogP contribution in [0.25, 0.3) is 0 Å². The van der Waals surface area contributed by atoms with Gasteiger partial charge in [0.05, 0.1) is 5.75 Å². The SMILES string of the molecule is CC(Cl)CCN(C)S(=O)(=O)CC1CCCCC1. The van der Waals surface area contributed by atoms with Crippen molar-refractivity contribution in [3.8, 4) is 0 Å². The van der Waals surface area contributed by atoms with E-state index in [4.69, 9.17) is 11.6 Å². The molecule has 0 heterocycles. The lowest BCUT2D eigenvalue weighted by molar-refractivity contribution is 0.374. The van der Waals surface area contributed by atoms with E-state index in [1.54, 1.807) is 7.05 Å². The molecule has 5 heteroatoms. The first-order valence-corrected chi connectivity index (χ1v) is 8.54. The molecule has 0 bridgehead atoms. The van der Waals surface area contributed by atoms with Crippen molar-refractivity contribution in [3.63, 3.8) is 0 Å². The third kappa shape index (κ3) is 5.58. The Morgan fingerprint density at radius 2 is 1.88 bits per heavy atom. The maximum absolute atomic E-state index is 12.1. The maximum atomic E-state index is 12.1. The van der Waals surface area contributed by atoms with E-state index < -0.39 is 10.0 Å². The molecular formula is C12H24ClNO2S. The molecule has 0 aromatic carbocycles. The van der Waals surface area contributed by atoms with Gasteiger partial charge >= 0.3 is 0 Å². The minimum atomic E-state index is -3.08. The summed E-state index contributed by atoms with van der Waals surface area (Å²) < 4.78 is 25.7. The van der Waals surface area contributed by atoms with Gasteiger partial charge in [-0.15, -0.1) is 11.6 Å². The van der Waals surface area contributed by atoms with E-state index in [9.17, 15) is 8.42 Å². The van der Waals surface area contributed by atoms with Gasteiger partial charge in [-0.25, -0.2) is 12.7 Å². The van der Waals surface area contributed by atoms with Crippen LogP contribution in [0.3, 0.4) is 0 Å². The van der Waals surface area contributed by atoms with Crippen molar-refractivity contribution in [2.45, 2.75) is 50.8 Å². The highest BCUT2D eigenvalue weighted by Gasteiger charge is 2.24. The Bertz CT molecular complexity index is 310. The Morgan fingerprint density at radius 1 is 1.29 bits per heavy atom. The molecule has 0 amide bonds. The highest BCUT2D eigenvalue weighted by atomic mass is 35.5. The van der Waals surface area contributed by atoms with Crippen molar-refractivity contribution in [1.82, 2.24) is 4.31 Å². The molecule has 1 aliphatic rings. The molecule has 102 valence electrons. The standard InChI is InChI=1S/C12H24ClNO2S/c1-11(13)8-9-14(2)17(15,16)10-12-6-4-3-5-7-12/h11-12H,3-10H2,1-2H3. The van der Waals surface area contributed by atoms with E-state index in [0.29, 0.717) is 24.6 Å². The summed E-state index contributed by atoms with van der Waals surface area (Å²) in [6.07, 6.45) is 6.47. The zero-order valence-electron chi connectivity index (χ0n) is 10.9. The molecule has 0 radical (unpaired) electrons. The van der Waals surface area contributed by atoms with Crippen molar-refractivity contribution in [1.29, 1.82) is 0 Å². The average molecular weight is 282 g/mol. The molecule has 0 saturated heterocycles. The normalized spacial score (nSPS) is 20.7. The highest BCUT2D eigenvalue weighted by molar-refractivity contribution is 7.89. The predicted octanol–water partition coefficient (Wildman–Crippen LogP) is 2.85. The largest absolute Gasteiger partial charge is 0.214 e. The lowest BCUT2D eigenvalue weighted by Crippen LogP contribution is -2.34. The van der Waals surface area contributed by atoms with Crippen molar-refractivity contribution in [2.75, 3.05) is 19.3 Å². The molecule has 17 heavy (non-hydrogen) atoms. The molecule has 1 unspecified atom stereocenters. The number of hydrogen-bond acceptors (Lipinski definition) is 2. The van der Waals surface area contributed by atoms with Gasteiger partial charge in [-0.2, -0.15) is 0 Å². The van der Waals surface area contributed by atoms with Crippen LogP contribution in [0.15, 0.2) is 0 Å². The molecule has 3 nitrogen and oxygen atoms in total. The van der Waals surface area contributed by atoms with E-state index in [-0.39, 0.29) is 5.38 Å². The van der Waals surface area contributed by atoms with Gasteiger partial charge in [-0.05, 0) is 32.1 Å². The van der Waals surface area contributed by atoms with Crippen LogP contribution in [0.1, 0.15) is 45.4 Å². The summed E-state index contributed by atoms with van der Waals surface area (Å²) in [6, 6.07) is 0. The summed E-state index contributed by atoms with van der Waals surface area (Å²) in [5.41, 5.74) is 0. The molecule has 0 aliphatic heterocycles. The second-order valence-electron chi connectivity index (χ2n) is 5.17. The molecule has 1 fully saturated rings. The van der Waals surface area contributed by atoms with E-state index >= 15 is 0 Å². The van der Waals surface area contributed by atoms with Gasteiger partial charge in [0.25, 0.3) is 0 Å². The molecule has 0 N–H and O–H groups in total. The summed E-state index contributed by atoms with van der Waals surface area (Å²) in [7, 11) is -1.42. The zero-order valence-corrected chi connectivity index (χ0v) is 12.4. The van der Waals surface area contributed by atoms with E-state index in [0.717, 1.165) is 12.8 Å². The quantitative estimate of drug-likeness (QED) is 0.702. The molecule has 0 aromatic heterocycles. The minimum Gasteiger partial charge on any atom is -0.212 e. The summed E-state index contributed by atoms with van der Waals surface area (Å²) in [4.78, 5) is 0. The first kappa shape index (κ1) is 15.3. The molecule has 0 spiro atoms. The monoisotopic (exact) mass is 281 g/mol. The Kier molecular flexibility index (Phi) is 6.24. The molecular weight excluding hydrogens is 258 g/mol. The third-order valence-corrected chi connectivity index (χ3v) is 5.73. The molecule has 1 aliphatic carbocycles. The minimum absolute atomic E-state index is 0.0299. The molecule has 1 rings (SSSR count). The van der Waals surface area contributed by atoms with Crippen LogP contribution in [0.2, 0.25) is 0 Å². The van der Waals surface area contributed by atoms with Gasteiger partial charge in [0.2, 0.25) is 10.0 Å². The number of hydrogen-bond donors (Lipinski definition) is 0. The lowest BCUT2D eigenvalue weighted by atomic mass is 9.91. The smallest absolute Gasteiger partial charge is 0.212 e. The van der Waals surface area contributed by atoms with Crippen LogP contribution >= 0.6 is 11.6 Å². The van der Waals surface area contributed by atoms with Crippen LogP contribution in [0, 0.1) is 5.92 Å². The second kappa shape index (κ2) is 6.95. The van der Waals surface area contributed by atoms with Gasteiger partial charge in [-0.1, -0.05) is 19.3 Å². The van der Waals surface area contributed by atoms with Crippen molar-refractivity contribution < 1.29 is 8.42 Å². The third-order valence-electron chi connectivity index (χ3n) is 3.49. The topological polar surface area (TPSA) is 37.4 Å². The highest BCUT2D eigenvalue weighted by Crippen LogP contribution is 2.25. The van der Waals surface area contributed by atoms with E-state index in [1.807, 2.05) is 6.92 Å². The fourth-order valence-corrected chi connectivity index (χ4v) is 3.94.